The molecular weight excluding hydrogens is 292 g/mol. The summed E-state index contributed by atoms with van der Waals surface area (Å²) in [6, 6.07) is 9.04. The molecule has 1 fully saturated rings. The summed E-state index contributed by atoms with van der Waals surface area (Å²) in [6.45, 7) is 5.68. The van der Waals surface area contributed by atoms with Crippen molar-refractivity contribution in [3.63, 3.8) is 0 Å². The third kappa shape index (κ3) is 4.45. The van der Waals surface area contributed by atoms with Crippen LogP contribution in [-0.4, -0.2) is 22.9 Å². The smallest absolute Gasteiger partial charge is 0.328 e. The standard InChI is InChI=1S/C18H22N2O3/c1-4-15-12-17(21)19-18(22)20(15)13(2)10-11-14(3)23-16-8-6-5-7-9-16/h5-11,15H,4,12H2,1-3H3,(H,19,21,22)/b13-10+,14-11+. The van der Waals surface area contributed by atoms with E-state index in [-0.39, 0.29) is 18.0 Å². The molecule has 23 heavy (non-hydrogen) atoms. The minimum absolute atomic E-state index is 0.101. The van der Waals surface area contributed by atoms with Crippen LogP contribution in [0.25, 0.3) is 0 Å². The zero-order valence-corrected chi connectivity index (χ0v) is 13.7. The Hall–Kier alpha value is -2.56. The van der Waals surface area contributed by atoms with Gasteiger partial charge in [0.05, 0.1) is 0 Å². The Balaban J connectivity index is 2.09. The number of hydrogen-bond donors (Lipinski definition) is 1. The van der Waals surface area contributed by atoms with E-state index in [1.807, 2.05) is 63.3 Å². The van der Waals surface area contributed by atoms with E-state index in [0.717, 1.165) is 23.6 Å². The van der Waals surface area contributed by atoms with Crippen LogP contribution in [0.2, 0.25) is 0 Å². The number of rotatable bonds is 5. The second-order valence-corrected chi connectivity index (χ2v) is 5.49. The molecule has 1 N–H and O–H groups in total. The van der Waals surface area contributed by atoms with Crippen LogP contribution in [0.3, 0.4) is 0 Å². The average Bonchev–Trinajstić information content (AvgIpc) is 2.52. The number of allylic oxidation sites excluding steroid dienone is 4. The van der Waals surface area contributed by atoms with Crippen LogP contribution in [-0.2, 0) is 4.79 Å². The van der Waals surface area contributed by atoms with Crippen LogP contribution in [0.5, 0.6) is 5.75 Å². The van der Waals surface area contributed by atoms with E-state index in [2.05, 4.69) is 5.32 Å². The number of amides is 3. The molecule has 0 saturated carbocycles. The van der Waals surface area contributed by atoms with Crippen molar-refractivity contribution in [3.05, 3.63) is 53.9 Å². The van der Waals surface area contributed by atoms with Crippen LogP contribution in [0.1, 0.15) is 33.6 Å². The predicted molar refractivity (Wildman–Crippen MR) is 88.7 cm³/mol. The average molecular weight is 314 g/mol. The Morgan fingerprint density at radius 2 is 1.96 bits per heavy atom. The molecular formula is C18H22N2O3. The number of para-hydroxylation sites is 1. The monoisotopic (exact) mass is 314 g/mol. The maximum absolute atomic E-state index is 12.1. The van der Waals surface area contributed by atoms with E-state index >= 15 is 0 Å². The number of hydrogen-bond acceptors (Lipinski definition) is 3. The third-order valence-corrected chi connectivity index (χ3v) is 3.68. The summed E-state index contributed by atoms with van der Waals surface area (Å²) in [5.74, 6) is 1.27. The molecule has 1 atom stereocenters. The van der Waals surface area contributed by atoms with Gasteiger partial charge >= 0.3 is 6.03 Å². The molecule has 1 unspecified atom stereocenters. The zero-order valence-electron chi connectivity index (χ0n) is 13.7. The van der Waals surface area contributed by atoms with Crippen LogP contribution in [0, 0.1) is 0 Å². The van der Waals surface area contributed by atoms with Crippen LogP contribution in [0.4, 0.5) is 4.79 Å². The molecule has 1 saturated heterocycles. The van der Waals surface area contributed by atoms with Gasteiger partial charge in [-0.1, -0.05) is 25.1 Å². The van der Waals surface area contributed by atoms with E-state index in [4.69, 9.17) is 4.74 Å². The van der Waals surface area contributed by atoms with Crippen molar-refractivity contribution in [1.82, 2.24) is 10.2 Å². The van der Waals surface area contributed by atoms with E-state index in [1.54, 1.807) is 4.90 Å². The van der Waals surface area contributed by atoms with E-state index in [0.29, 0.717) is 6.42 Å². The highest BCUT2D eigenvalue weighted by Crippen LogP contribution is 2.20. The fraction of sp³-hybridized carbons (Fsp3) is 0.333. The first-order valence-electron chi connectivity index (χ1n) is 7.72. The van der Waals surface area contributed by atoms with Gasteiger partial charge in [0.15, 0.2) is 0 Å². The fourth-order valence-corrected chi connectivity index (χ4v) is 2.50. The highest BCUT2D eigenvalue weighted by molar-refractivity contribution is 5.97. The lowest BCUT2D eigenvalue weighted by atomic mass is 10.1. The second-order valence-electron chi connectivity index (χ2n) is 5.49. The maximum atomic E-state index is 12.1. The van der Waals surface area contributed by atoms with Gasteiger partial charge < -0.3 is 4.74 Å². The van der Waals surface area contributed by atoms with Crippen molar-refractivity contribution < 1.29 is 14.3 Å². The maximum Gasteiger partial charge on any atom is 0.328 e. The number of carbonyl (C=O) groups is 2. The normalized spacial score (nSPS) is 19.6. The molecule has 2 rings (SSSR count). The first-order chi connectivity index (χ1) is 11.0. The molecule has 0 spiro atoms. The molecule has 0 aliphatic carbocycles. The highest BCUT2D eigenvalue weighted by Gasteiger charge is 2.31. The minimum Gasteiger partial charge on any atom is -0.462 e. The Bertz CT molecular complexity index is 635. The Kier molecular flexibility index (Phi) is 5.57. The molecule has 5 nitrogen and oxygen atoms in total. The first kappa shape index (κ1) is 16.8. The van der Waals surface area contributed by atoms with Gasteiger partial charge in [0.2, 0.25) is 5.91 Å². The summed E-state index contributed by atoms with van der Waals surface area (Å²) in [4.78, 5) is 25.2. The molecule has 1 aromatic rings. The first-order valence-corrected chi connectivity index (χ1v) is 7.72. The molecule has 1 aliphatic heterocycles. The third-order valence-electron chi connectivity index (χ3n) is 3.68. The SMILES string of the molecule is CCC1CC(=O)NC(=O)N1/C(C)=C/C=C(\C)Oc1ccccc1. The van der Waals surface area contributed by atoms with Gasteiger partial charge in [-0.25, -0.2) is 4.79 Å². The number of nitrogens with one attached hydrogen (secondary N) is 1. The summed E-state index contributed by atoms with van der Waals surface area (Å²) in [5, 5.41) is 2.36. The molecule has 0 radical (unpaired) electrons. The van der Waals surface area contributed by atoms with Gasteiger partial charge in [-0.15, -0.1) is 0 Å². The van der Waals surface area contributed by atoms with Crippen LogP contribution >= 0.6 is 0 Å². The molecule has 1 aromatic carbocycles. The van der Waals surface area contributed by atoms with Gasteiger partial charge in [0.1, 0.15) is 11.5 Å². The summed E-state index contributed by atoms with van der Waals surface area (Å²) in [6.07, 6.45) is 4.71. The number of benzene rings is 1. The van der Waals surface area contributed by atoms with Crippen molar-refractivity contribution in [2.45, 2.75) is 39.7 Å². The zero-order chi connectivity index (χ0) is 16.8. The van der Waals surface area contributed by atoms with E-state index < -0.39 is 0 Å². The van der Waals surface area contributed by atoms with Crippen molar-refractivity contribution in [2.24, 2.45) is 0 Å². The topological polar surface area (TPSA) is 58.6 Å². The predicted octanol–water partition coefficient (Wildman–Crippen LogP) is 3.59. The van der Waals surface area contributed by atoms with Crippen molar-refractivity contribution in [1.29, 1.82) is 0 Å². The lowest BCUT2D eigenvalue weighted by Crippen LogP contribution is -2.53. The van der Waals surface area contributed by atoms with Gasteiger partial charge in [-0.05, 0) is 44.6 Å². The Labute approximate surface area is 136 Å². The Morgan fingerprint density at radius 1 is 1.26 bits per heavy atom. The summed E-state index contributed by atoms with van der Waals surface area (Å²) in [7, 11) is 0. The Morgan fingerprint density at radius 3 is 2.61 bits per heavy atom. The molecule has 3 amide bonds. The number of imide groups is 1. The largest absolute Gasteiger partial charge is 0.462 e. The molecule has 122 valence electrons. The summed E-state index contributed by atoms with van der Waals surface area (Å²) >= 11 is 0. The molecule has 0 aromatic heterocycles. The number of carbonyl (C=O) groups excluding carboxylic acids is 2. The van der Waals surface area contributed by atoms with Crippen LogP contribution < -0.4 is 10.1 Å². The van der Waals surface area contributed by atoms with Gasteiger partial charge in [-0.2, -0.15) is 0 Å². The van der Waals surface area contributed by atoms with Crippen molar-refractivity contribution in [2.75, 3.05) is 0 Å². The molecule has 0 bridgehead atoms. The minimum atomic E-state index is -0.364. The van der Waals surface area contributed by atoms with Gasteiger partial charge in [-0.3, -0.25) is 15.0 Å². The number of nitrogens with zero attached hydrogens (tertiary/aromatic N) is 1. The fourth-order valence-electron chi connectivity index (χ4n) is 2.50. The second kappa shape index (κ2) is 7.63. The quantitative estimate of drug-likeness (QED) is 0.667. The van der Waals surface area contributed by atoms with Crippen molar-refractivity contribution in [3.8, 4) is 5.75 Å². The number of ether oxygens (including phenoxy) is 1. The van der Waals surface area contributed by atoms with E-state index in [1.165, 1.54) is 0 Å². The lowest BCUT2D eigenvalue weighted by molar-refractivity contribution is -0.122. The lowest BCUT2D eigenvalue weighted by Gasteiger charge is -2.34. The van der Waals surface area contributed by atoms with Crippen LogP contribution in [0.15, 0.2) is 53.9 Å². The highest BCUT2D eigenvalue weighted by atomic mass is 16.5. The van der Waals surface area contributed by atoms with Crippen molar-refractivity contribution >= 4 is 11.9 Å². The number of urea groups is 1. The molecule has 1 aliphatic rings. The molecule has 1 heterocycles. The summed E-state index contributed by atoms with van der Waals surface area (Å²) in [5.41, 5.74) is 0.776. The molecule has 5 heteroatoms. The van der Waals surface area contributed by atoms with E-state index in [9.17, 15) is 9.59 Å². The van der Waals surface area contributed by atoms with Gasteiger partial charge in [0.25, 0.3) is 0 Å². The summed E-state index contributed by atoms with van der Waals surface area (Å²) < 4.78 is 5.69. The van der Waals surface area contributed by atoms with Gasteiger partial charge in [0, 0.05) is 18.2 Å².